The third-order valence-corrected chi connectivity index (χ3v) is 4.67. The predicted octanol–water partition coefficient (Wildman–Crippen LogP) is 4.21. The van der Waals surface area contributed by atoms with E-state index in [0.717, 1.165) is 16.8 Å². The Hall–Kier alpha value is -4.06. The van der Waals surface area contributed by atoms with Crippen LogP contribution in [-0.4, -0.2) is 26.1 Å². The molecule has 30 heavy (non-hydrogen) atoms. The van der Waals surface area contributed by atoms with E-state index in [-0.39, 0.29) is 5.91 Å². The lowest BCUT2D eigenvalue weighted by molar-refractivity contribution is -0.113. The topological polar surface area (TPSA) is 63.9 Å². The van der Waals surface area contributed by atoms with E-state index >= 15 is 0 Å². The number of hydrogen-bond acceptors (Lipinski definition) is 4. The third kappa shape index (κ3) is 4.33. The zero-order chi connectivity index (χ0) is 20.8. The second-order valence-electron chi connectivity index (χ2n) is 6.79. The summed E-state index contributed by atoms with van der Waals surface area (Å²) >= 11 is 0. The first-order valence-corrected chi connectivity index (χ1v) is 9.65. The molecule has 6 heteroatoms. The number of tetrazole rings is 1. The van der Waals surface area contributed by atoms with Gasteiger partial charge < -0.3 is 4.90 Å². The lowest BCUT2D eigenvalue weighted by Crippen LogP contribution is -2.33. The van der Waals surface area contributed by atoms with Crippen molar-refractivity contribution in [1.29, 1.82) is 0 Å². The molecule has 4 rings (SSSR count). The van der Waals surface area contributed by atoms with Crippen molar-refractivity contribution in [2.24, 2.45) is 0 Å². The van der Waals surface area contributed by atoms with Gasteiger partial charge in [-0.3, -0.25) is 4.79 Å². The Labute approximate surface area is 175 Å². The first-order valence-electron chi connectivity index (χ1n) is 9.65. The van der Waals surface area contributed by atoms with Crippen LogP contribution in [0.1, 0.15) is 17.0 Å². The number of benzene rings is 3. The first kappa shape index (κ1) is 19.3. The summed E-state index contributed by atoms with van der Waals surface area (Å²) < 4.78 is 1.48. The molecule has 0 aliphatic carbocycles. The third-order valence-electron chi connectivity index (χ3n) is 4.67. The molecule has 3 aromatic carbocycles. The average Bonchev–Trinajstić information content (AvgIpc) is 3.23. The van der Waals surface area contributed by atoms with Crippen LogP contribution in [0.2, 0.25) is 0 Å². The number of para-hydroxylation sites is 1. The Kier molecular flexibility index (Phi) is 5.75. The molecular weight excluding hydrogens is 374 g/mol. The van der Waals surface area contributed by atoms with Crippen LogP contribution in [0, 0.1) is 6.92 Å². The van der Waals surface area contributed by atoms with Crippen molar-refractivity contribution in [2.45, 2.75) is 13.5 Å². The van der Waals surface area contributed by atoms with Gasteiger partial charge in [0.2, 0.25) is 0 Å². The number of amides is 1. The standard InChI is InChI=1S/C24H21N5O/c1-19-25-26-27-29(19)23(17-20-11-5-2-6-12-20)24(30)28(22-15-9-4-10-16-22)18-21-13-7-3-8-14-21/h2-17H,18H2,1H3/b23-17-. The Morgan fingerprint density at radius 1 is 0.900 bits per heavy atom. The molecule has 0 bridgehead atoms. The smallest absolute Gasteiger partial charge is 0.277 e. The monoisotopic (exact) mass is 395 g/mol. The maximum Gasteiger partial charge on any atom is 0.277 e. The SMILES string of the molecule is Cc1nnnn1/C(=C\c1ccccc1)C(=O)N(Cc1ccccc1)c1ccccc1. The van der Waals surface area contributed by atoms with Crippen molar-refractivity contribution in [3.63, 3.8) is 0 Å². The van der Waals surface area contributed by atoms with E-state index in [1.54, 1.807) is 11.8 Å². The first-order chi connectivity index (χ1) is 14.7. The molecule has 0 aliphatic rings. The second kappa shape index (κ2) is 8.96. The number of hydrogen-bond donors (Lipinski definition) is 0. The highest BCUT2D eigenvalue weighted by Crippen LogP contribution is 2.23. The molecule has 0 N–H and O–H groups in total. The van der Waals surface area contributed by atoms with E-state index in [2.05, 4.69) is 15.5 Å². The van der Waals surface area contributed by atoms with Crippen LogP contribution in [0.3, 0.4) is 0 Å². The molecule has 0 radical (unpaired) electrons. The van der Waals surface area contributed by atoms with Gasteiger partial charge in [0, 0.05) is 5.69 Å². The lowest BCUT2D eigenvalue weighted by Gasteiger charge is -2.24. The van der Waals surface area contributed by atoms with Gasteiger partial charge in [0.15, 0.2) is 5.82 Å². The molecule has 0 fully saturated rings. The average molecular weight is 395 g/mol. The highest BCUT2D eigenvalue weighted by Gasteiger charge is 2.24. The molecule has 1 aromatic heterocycles. The molecule has 1 heterocycles. The van der Waals surface area contributed by atoms with Crippen LogP contribution in [0.15, 0.2) is 91.0 Å². The van der Waals surface area contributed by atoms with Gasteiger partial charge in [-0.15, -0.1) is 5.10 Å². The largest absolute Gasteiger partial charge is 0.303 e. The number of anilines is 1. The molecule has 0 saturated heterocycles. The predicted molar refractivity (Wildman–Crippen MR) is 117 cm³/mol. The molecule has 148 valence electrons. The summed E-state index contributed by atoms with van der Waals surface area (Å²) in [5, 5.41) is 11.8. The summed E-state index contributed by atoms with van der Waals surface area (Å²) in [4.78, 5) is 15.6. The molecular formula is C24H21N5O. The Balaban J connectivity index is 1.80. The summed E-state index contributed by atoms with van der Waals surface area (Å²) in [6.07, 6.45) is 1.81. The number of aryl methyl sites for hydroxylation is 1. The zero-order valence-electron chi connectivity index (χ0n) is 16.6. The van der Waals surface area contributed by atoms with Crippen LogP contribution in [0.25, 0.3) is 11.8 Å². The van der Waals surface area contributed by atoms with Crippen molar-refractivity contribution in [1.82, 2.24) is 20.2 Å². The van der Waals surface area contributed by atoms with E-state index < -0.39 is 0 Å². The summed E-state index contributed by atoms with van der Waals surface area (Å²) in [5.41, 5.74) is 3.10. The fraction of sp³-hybridized carbons (Fsp3) is 0.0833. The van der Waals surface area contributed by atoms with Crippen LogP contribution in [0.4, 0.5) is 5.69 Å². The van der Waals surface area contributed by atoms with Crippen LogP contribution in [0.5, 0.6) is 0 Å². The quantitative estimate of drug-likeness (QED) is 0.459. The number of aromatic nitrogens is 4. The maximum absolute atomic E-state index is 13.8. The highest BCUT2D eigenvalue weighted by molar-refractivity contribution is 6.25. The van der Waals surface area contributed by atoms with Crippen molar-refractivity contribution < 1.29 is 4.79 Å². The Morgan fingerprint density at radius 3 is 2.10 bits per heavy atom. The summed E-state index contributed by atoms with van der Waals surface area (Å²) in [7, 11) is 0. The van der Waals surface area contributed by atoms with E-state index in [9.17, 15) is 4.79 Å². The van der Waals surface area contributed by atoms with Gasteiger partial charge in [-0.1, -0.05) is 78.9 Å². The normalized spacial score (nSPS) is 11.3. The maximum atomic E-state index is 13.8. The van der Waals surface area contributed by atoms with Gasteiger partial charge in [0.25, 0.3) is 5.91 Å². The Bertz CT molecular complexity index is 1140. The van der Waals surface area contributed by atoms with Gasteiger partial charge >= 0.3 is 0 Å². The second-order valence-corrected chi connectivity index (χ2v) is 6.79. The van der Waals surface area contributed by atoms with E-state index in [4.69, 9.17) is 0 Å². The fourth-order valence-electron chi connectivity index (χ4n) is 3.17. The molecule has 6 nitrogen and oxygen atoms in total. The van der Waals surface area contributed by atoms with Crippen molar-refractivity contribution in [3.05, 3.63) is 108 Å². The molecule has 0 saturated carbocycles. The molecule has 0 unspecified atom stereocenters. The Morgan fingerprint density at radius 2 is 1.50 bits per heavy atom. The van der Waals surface area contributed by atoms with Crippen LogP contribution >= 0.6 is 0 Å². The van der Waals surface area contributed by atoms with Gasteiger partial charge in [-0.05, 0) is 46.7 Å². The molecule has 0 aliphatic heterocycles. The van der Waals surface area contributed by atoms with E-state index in [0.29, 0.717) is 18.1 Å². The van der Waals surface area contributed by atoms with Gasteiger partial charge in [-0.2, -0.15) is 4.68 Å². The van der Waals surface area contributed by atoms with Crippen molar-refractivity contribution >= 4 is 23.4 Å². The van der Waals surface area contributed by atoms with Crippen LogP contribution < -0.4 is 4.90 Å². The fourth-order valence-corrected chi connectivity index (χ4v) is 3.17. The number of nitrogens with zero attached hydrogens (tertiary/aromatic N) is 5. The number of carbonyl (C=O) groups is 1. The molecule has 0 atom stereocenters. The lowest BCUT2D eigenvalue weighted by atomic mass is 10.1. The minimum absolute atomic E-state index is 0.190. The van der Waals surface area contributed by atoms with E-state index in [1.165, 1.54) is 4.68 Å². The minimum Gasteiger partial charge on any atom is -0.303 e. The van der Waals surface area contributed by atoms with Gasteiger partial charge in [-0.25, -0.2) is 0 Å². The molecule has 0 spiro atoms. The zero-order valence-corrected chi connectivity index (χ0v) is 16.6. The molecule has 1 amide bonds. The summed E-state index contributed by atoms with van der Waals surface area (Å²) in [5.74, 6) is 0.350. The number of rotatable bonds is 6. The molecule has 4 aromatic rings. The summed E-state index contributed by atoms with van der Waals surface area (Å²) in [6.45, 7) is 2.20. The van der Waals surface area contributed by atoms with Gasteiger partial charge in [0.1, 0.15) is 5.70 Å². The summed E-state index contributed by atoms with van der Waals surface area (Å²) in [6, 6.07) is 29.2. The highest BCUT2D eigenvalue weighted by atomic mass is 16.2. The van der Waals surface area contributed by atoms with E-state index in [1.807, 2.05) is 97.1 Å². The van der Waals surface area contributed by atoms with Gasteiger partial charge in [0.05, 0.1) is 6.54 Å². The van der Waals surface area contributed by atoms with Crippen molar-refractivity contribution in [3.8, 4) is 0 Å². The van der Waals surface area contributed by atoms with Crippen LogP contribution in [-0.2, 0) is 11.3 Å². The number of carbonyl (C=O) groups excluding carboxylic acids is 1. The minimum atomic E-state index is -0.190. The van der Waals surface area contributed by atoms with Crippen molar-refractivity contribution in [2.75, 3.05) is 4.90 Å².